The Kier molecular flexibility index (Phi) is 6.03. The van der Waals surface area contributed by atoms with Crippen LogP contribution in [0.25, 0.3) is 0 Å². The minimum absolute atomic E-state index is 0.0179. The summed E-state index contributed by atoms with van der Waals surface area (Å²) in [5, 5.41) is 6.26. The third kappa shape index (κ3) is 5.33. The fraction of sp³-hybridized carbons (Fsp3) is 0.316. The molecule has 23 heavy (non-hydrogen) atoms. The van der Waals surface area contributed by atoms with E-state index in [4.69, 9.17) is 4.74 Å². The minimum atomic E-state index is -0.0179. The fourth-order valence-corrected chi connectivity index (χ4v) is 2.14. The Bertz CT molecular complexity index is 636. The van der Waals surface area contributed by atoms with Gasteiger partial charge < -0.3 is 15.4 Å². The average Bonchev–Trinajstić information content (AvgIpc) is 2.56. The lowest BCUT2D eigenvalue weighted by Gasteiger charge is -2.10. The second-order valence-electron chi connectivity index (χ2n) is 5.75. The maximum absolute atomic E-state index is 11.6. The van der Waals surface area contributed by atoms with Gasteiger partial charge in [-0.3, -0.25) is 4.79 Å². The summed E-state index contributed by atoms with van der Waals surface area (Å²) in [6.07, 6.45) is 0.920. The van der Waals surface area contributed by atoms with Gasteiger partial charge in [-0.05, 0) is 48.4 Å². The number of carbonyl (C=O) groups is 1. The molecular weight excluding hydrogens is 288 g/mol. The van der Waals surface area contributed by atoms with Gasteiger partial charge in [-0.15, -0.1) is 0 Å². The van der Waals surface area contributed by atoms with E-state index in [9.17, 15) is 4.79 Å². The Labute approximate surface area is 137 Å². The zero-order chi connectivity index (χ0) is 16.7. The number of nitrogens with one attached hydrogen (secondary N) is 2. The van der Waals surface area contributed by atoms with E-state index in [2.05, 4.69) is 16.7 Å². The molecule has 2 N–H and O–H groups in total. The van der Waals surface area contributed by atoms with Crippen LogP contribution < -0.4 is 15.4 Å². The predicted octanol–water partition coefficient (Wildman–Crippen LogP) is 3.94. The van der Waals surface area contributed by atoms with Gasteiger partial charge in [-0.25, -0.2) is 0 Å². The Morgan fingerprint density at radius 2 is 1.78 bits per heavy atom. The van der Waals surface area contributed by atoms with E-state index in [1.54, 1.807) is 7.11 Å². The molecule has 0 aliphatic rings. The van der Waals surface area contributed by atoms with Crippen LogP contribution in [0.5, 0.6) is 5.75 Å². The molecule has 2 aromatic rings. The fourth-order valence-electron chi connectivity index (χ4n) is 2.14. The van der Waals surface area contributed by atoms with Crippen LogP contribution in [0.2, 0.25) is 0 Å². The number of anilines is 2. The summed E-state index contributed by atoms with van der Waals surface area (Å²) in [6.45, 7) is 4.60. The summed E-state index contributed by atoms with van der Waals surface area (Å²) >= 11 is 0. The lowest BCUT2D eigenvalue weighted by atomic mass is 10.1. The summed E-state index contributed by atoms with van der Waals surface area (Å²) in [7, 11) is 1.68. The normalized spacial score (nSPS) is 10.4. The first kappa shape index (κ1) is 16.9. The molecule has 0 saturated carbocycles. The molecule has 0 aliphatic carbocycles. The standard InChI is InChI=1S/C19H24N2O2/c1-14(2)19(22)21-17-9-7-16(8-10-17)20-12-11-15-5-4-6-18(13-15)23-3/h4-10,13-14,20H,11-12H2,1-3H3,(H,21,22). The number of carbonyl (C=O) groups excluding carboxylic acids is 1. The van der Waals surface area contributed by atoms with Gasteiger partial charge in [0.1, 0.15) is 5.75 Å². The van der Waals surface area contributed by atoms with Crippen molar-refractivity contribution < 1.29 is 9.53 Å². The molecule has 0 aliphatic heterocycles. The Balaban J connectivity index is 1.83. The van der Waals surface area contributed by atoms with Crippen molar-refractivity contribution in [3.8, 4) is 5.75 Å². The Morgan fingerprint density at radius 3 is 2.43 bits per heavy atom. The lowest BCUT2D eigenvalue weighted by Crippen LogP contribution is -2.17. The SMILES string of the molecule is COc1cccc(CCNc2ccc(NC(=O)C(C)C)cc2)c1. The van der Waals surface area contributed by atoms with Crippen molar-refractivity contribution in [2.24, 2.45) is 5.92 Å². The highest BCUT2D eigenvalue weighted by atomic mass is 16.5. The minimum Gasteiger partial charge on any atom is -0.497 e. The maximum atomic E-state index is 11.6. The van der Waals surface area contributed by atoms with Gasteiger partial charge in [0.15, 0.2) is 0 Å². The molecule has 4 heteroatoms. The van der Waals surface area contributed by atoms with E-state index in [0.717, 1.165) is 30.1 Å². The van der Waals surface area contributed by atoms with Gasteiger partial charge in [-0.1, -0.05) is 26.0 Å². The van der Waals surface area contributed by atoms with Crippen molar-refractivity contribution in [2.75, 3.05) is 24.3 Å². The average molecular weight is 312 g/mol. The first-order valence-corrected chi connectivity index (χ1v) is 7.86. The number of amides is 1. The van der Waals surface area contributed by atoms with E-state index in [-0.39, 0.29) is 11.8 Å². The molecule has 2 rings (SSSR count). The molecule has 0 bridgehead atoms. The number of benzene rings is 2. The van der Waals surface area contributed by atoms with E-state index < -0.39 is 0 Å². The van der Waals surface area contributed by atoms with Gasteiger partial charge in [0, 0.05) is 23.8 Å². The number of hydrogen-bond donors (Lipinski definition) is 2. The zero-order valence-electron chi connectivity index (χ0n) is 13.9. The second-order valence-corrected chi connectivity index (χ2v) is 5.75. The van der Waals surface area contributed by atoms with Crippen LogP contribution in [0.1, 0.15) is 19.4 Å². The highest BCUT2D eigenvalue weighted by Crippen LogP contribution is 2.16. The van der Waals surface area contributed by atoms with Crippen LogP contribution >= 0.6 is 0 Å². The molecule has 0 fully saturated rings. The molecule has 0 spiro atoms. The van der Waals surface area contributed by atoms with E-state index in [1.807, 2.05) is 56.3 Å². The van der Waals surface area contributed by atoms with Crippen LogP contribution in [0.3, 0.4) is 0 Å². The Morgan fingerprint density at radius 1 is 1.09 bits per heavy atom. The molecule has 0 atom stereocenters. The Hall–Kier alpha value is -2.49. The third-order valence-electron chi connectivity index (χ3n) is 3.55. The molecule has 0 aromatic heterocycles. The molecule has 0 saturated heterocycles. The van der Waals surface area contributed by atoms with Crippen LogP contribution in [0.4, 0.5) is 11.4 Å². The first-order valence-electron chi connectivity index (χ1n) is 7.86. The summed E-state index contributed by atoms with van der Waals surface area (Å²) in [5.74, 6) is 0.896. The van der Waals surface area contributed by atoms with Gasteiger partial charge in [0.25, 0.3) is 0 Å². The molecule has 0 unspecified atom stereocenters. The van der Waals surface area contributed by atoms with Crippen molar-refractivity contribution in [2.45, 2.75) is 20.3 Å². The van der Waals surface area contributed by atoms with Gasteiger partial charge in [0.2, 0.25) is 5.91 Å². The van der Waals surface area contributed by atoms with E-state index in [1.165, 1.54) is 5.56 Å². The van der Waals surface area contributed by atoms with E-state index in [0.29, 0.717) is 0 Å². The molecule has 1 amide bonds. The summed E-state index contributed by atoms with van der Waals surface area (Å²) in [5.41, 5.74) is 3.09. The highest BCUT2D eigenvalue weighted by molar-refractivity contribution is 5.92. The molecule has 4 nitrogen and oxygen atoms in total. The second kappa shape index (κ2) is 8.22. The molecular formula is C19H24N2O2. The lowest BCUT2D eigenvalue weighted by molar-refractivity contribution is -0.118. The van der Waals surface area contributed by atoms with Crippen molar-refractivity contribution in [3.05, 3.63) is 54.1 Å². The van der Waals surface area contributed by atoms with Gasteiger partial charge in [0.05, 0.1) is 7.11 Å². The molecule has 0 radical (unpaired) electrons. The quantitative estimate of drug-likeness (QED) is 0.814. The maximum Gasteiger partial charge on any atom is 0.226 e. The summed E-state index contributed by atoms with van der Waals surface area (Å²) < 4.78 is 5.23. The van der Waals surface area contributed by atoms with Gasteiger partial charge in [-0.2, -0.15) is 0 Å². The van der Waals surface area contributed by atoms with Crippen molar-refractivity contribution in [1.82, 2.24) is 0 Å². The van der Waals surface area contributed by atoms with Crippen LogP contribution in [0, 0.1) is 5.92 Å². The topological polar surface area (TPSA) is 50.4 Å². The van der Waals surface area contributed by atoms with Gasteiger partial charge >= 0.3 is 0 Å². The number of rotatable bonds is 7. The third-order valence-corrected chi connectivity index (χ3v) is 3.55. The molecule has 2 aromatic carbocycles. The number of ether oxygens (including phenoxy) is 1. The summed E-state index contributed by atoms with van der Waals surface area (Å²) in [4.78, 5) is 11.6. The molecule has 122 valence electrons. The van der Waals surface area contributed by atoms with Crippen molar-refractivity contribution >= 4 is 17.3 Å². The van der Waals surface area contributed by atoms with Crippen molar-refractivity contribution in [3.63, 3.8) is 0 Å². The molecule has 0 heterocycles. The summed E-state index contributed by atoms with van der Waals surface area (Å²) in [6, 6.07) is 15.9. The van der Waals surface area contributed by atoms with Crippen LogP contribution in [-0.4, -0.2) is 19.6 Å². The zero-order valence-corrected chi connectivity index (χ0v) is 13.9. The van der Waals surface area contributed by atoms with Crippen molar-refractivity contribution in [1.29, 1.82) is 0 Å². The first-order chi connectivity index (χ1) is 11.1. The van der Waals surface area contributed by atoms with Crippen LogP contribution in [0.15, 0.2) is 48.5 Å². The highest BCUT2D eigenvalue weighted by Gasteiger charge is 2.06. The largest absolute Gasteiger partial charge is 0.497 e. The van der Waals surface area contributed by atoms with Crippen LogP contribution in [-0.2, 0) is 11.2 Å². The number of hydrogen-bond acceptors (Lipinski definition) is 3. The monoisotopic (exact) mass is 312 g/mol. The van der Waals surface area contributed by atoms with E-state index >= 15 is 0 Å². The number of methoxy groups -OCH3 is 1. The smallest absolute Gasteiger partial charge is 0.226 e. The predicted molar refractivity (Wildman–Crippen MR) is 95.1 cm³/mol.